The van der Waals surface area contributed by atoms with Crippen LogP contribution in [-0.2, 0) is 24.2 Å². The SMILES string of the molecule is CC1(C)Cc2c(C#N)c(SCCc3ccc(Br)cc3)nc(N3CCN(CCO)CC3)c2CO1. The summed E-state index contributed by atoms with van der Waals surface area (Å²) in [5.74, 6) is 1.83. The quantitative estimate of drug-likeness (QED) is 0.542. The normalized spacial score (nSPS) is 18.1. The molecule has 2 aliphatic heterocycles. The number of hydrogen-bond acceptors (Lipinski definition) is 7. The first-order chi connectivity index (χ1) is 15.9. The maximum absolute atomic E-state index is 10.1. The van der Waals surface area contributed by atoms with E-state index in [2.05, 4.69) is 69.9 Å². The molecule has 0 aliphatic carbocycles. The van der Waals surface area contributed by atoms with Crippen LogP contribution in [0.5, 0.6) is 0 Å². The third kappa shape index (κ3) is 5.90. The molecule has 176 valence electrons. The molecule has 3 heterocycles. The van der Waals surface area contributed by atoms with E-state index in [9.17, 15) is 10.4 Å². The predicted molar refractivity (Wildman–Crippen MR) is 136 cm³/mol. The molecule has 6 nitrogen and oxygen atoms in total. The van der Waals surface area contributed by atoms with Crippen LogP contribution in [0.25, 0.3) is 0 Å². The molecule has 1 fully saturated rings. The Morgan fingerprint density at radius 1 is 1.18 bits per heavy atom. The summed E-state index contributed by atoms with van der Waals surface area (Å²) in [5.41, 5.74) is 3.86. The summed E-state index contributed by atoms with van der Waals surface area (Å²) in [6.07, 6.45) is 1.64. The molecular weight excluding hydrogens is 500 g/mol. The van der Waals surface area contributed by atoms with Crippen molar-refractivity contribution in [1.82, 2.24) is 9.88 Å². The number of aliphatic hydroxyl groups excluding tert-OH is 1. The number of benzene rings is 1. The zero-order valence-electron chi connectivity index (χ0n) is 19.3. The number of aryl methyl sites for hydroxylation is 1. The molecule has 2 aromatic rings. The van der Waals surface area contributed by atoms with E-state index in [-0.39, 0.29) is 12.2 Å². The number of aromatic nitrogens is 1. The fourth-order valence-electron chi connectivity index (χ4n) is 4.45. The van der Waals surface area contributed by atoms with Gasteiger partial charge in [-0.2, -0.15) is 5.26 Å². The Morgan fingerprint density at radius 2 is 1.91 bits per heavy atom. The zero-order chi connectivity index (χ0) is 23.4. The number of hydrogen-bond donors (Lipinski definition) is 1. The number of pyridine rings is 1. The van der Waals surface area contributed by atoms with Crippen molar-refractivity contribution in [3.63, 3.8) is 0 Å². The highest BCUT2D eigenvalue weighted by Gasteiger charge is 2.33. The highest BCUT2D eigenvalue weighted by Crippen LogP contribution is 2.39. The van der Waals surface area contributed by atoms with E-state index in [1.54, 1.807) is 11.8 Å². The fourth-order valence-corrected chi connectivity index (χ4v) is 5.71. The first-order valence-electron chi connectivity index (χ1n) is 11.5. The van der Waals surface area contributed by atoms with Crippen LogP contribution in [-0.4, -0.2) is 65.7 Å². The van der Waals surface area contributed by atoms with Crippen LogP contribution in [0.4, 0.5) is 5.82 Å². The van der Waals surface area contributed by atoms with Gasteiger partial charge in [-0.15, -0.1) is 11.8 Å². The van der Waals surface area contributed by atoms with Gasteiger partial charge in [-0.25, -0.2) is 4.98 Å². The van der Waals surface area contributed by atoms with Crippen LogP contribution >= 0.6 is 27.7 Å². The summed E-state index contributed by atoms with van der Waals surface area (Å²) in [5, 5.41) is 20.2. The second-order valence-corrected chi connectivity index (χ2v) is 11.2. The van der Waals surface area contributed by atoms with Crippen LogP contribution in [0.15, 0.2) is 33.8 Å². The average molecular weight is 532 g/mol. The Labute approximate surface area is 209 Å². The van der Waals surface area contributed by atoms with E-state index in [1.807, 2.05) is 0 Å². The van der Waals surface area contributed by atoms with E-state index in [1.165, 1.54) is 5.56 Å². The summed E-state index contributed by atoms with van der Waals surface area (Å²) in [6, 6.07) is 10.9. The third-order valence-electron chi connectivity index (χ3n) is 6.31. The van der Waals surface area contributed by atoms with Gasteiger partial charge in [0.25, 0.3) is 0 Å². The number of nitriles is 1. The fraction of sp³-hybridized carbons (Fsp3) is 0.520. The lowest BCUT2D eigenvalue weighted by molar-refractivity contribution is -0.0402. The summed E-state index contributed by atoms with van der Waals surface area (Å²) < 4.78 is 7.22. The van der Waals surface area contributed by atoms with Crippen molar-refractivity contribution in [2.24, 2.45) is 0 Å². The minimum absolute atomic E-state index is 0.187. The highest BCUT2D eigenvalue weighted by molar-refractivity contribution is 9.10. The number of rotatable bonds is 7. The summed E-state index contributed by atoms with van der Waals surface area (Å²) >= 11 is 5.16. The van der Waals surface area contributed by atoms with Crippen LogP contribution in [0, 0.1) is 11.3 Å². The van der Waals surface area contributed by atoms with Gasteiger partial charge in [0.1, 0.15) is 16.9 Å². The molecule has 0 amide bonds. The van der Waals surface area contributed by atoms with Gasteiger partial charge in [0.2, 0.25) is 0 Å². The first kappa shape index (κ1) is 24.5. The molecule has 0 atom stereocenters. The van der Waals surface area contributed by atoms with E-state index in [4.69, 9.17) is 9.72 Å². The number of fused-ring (bicyclic) bond motifs is 1. The van der Waals surface area contributed by atoms with Gasteiger partial charge in [-0.3, -0.25) is 4.90 Å². The molecule has 0 saturated carbocycles. The molecule has 1 N–H and O–H groups in total. The van der Waals surface area contributed by atoms with Crippen LogP contribution in [0.3, 0.4) is 0 Å². The lowest BCUT2D eigenvalue weighted by atomic mass is 9.89. The Balaban J connectivity index is 1.60. The van der Waals surface area contributed by atoms with Gasteiger partial charge >= 0.3 is 0 Å². The Kier molecular flexibility index (Phi) is 7.98. The number of thioether (sulfide) groups is 1. The molecule has 1 saturated heterocycles. The second-order valence-electron chi connectivity index (χ2n) is 9.19. The summed E-state index contributed by atoms with van der Waals surface area (Å²) in [6.45, 7) is 9.07. The van der Waals surface area contributed by atoms with Crippen LogP contribution < -0.4 is 4.90 Å². The predicted octanol–water partition coefficient (Wildman–Crippen LogP) is 4.02. The molecule has 2 aliphatic rings. The molecule has 33 heavy (non-hydrogen) atoms. The van der Waals surface area contributed by atoms with Gasteiger partial charge < -0.3 is 14.7 Å². The van der Waals surface area contributed by atoms with Gasteiger partial charge in [0.05, 0.1) is 24.4 Å². The average Bonchev–Trinajstić information content (AvgIpc) is 2.80. The highest BCUT2D eigenvalue weighted by atomic mass is 79.9. The molecule has 0 unspecified atom stereocenters. The monoisotopic (exact) mass is 530 g/mol. The molecule has 0 radical (unpaired) electrons. The number of aliphatic hydroxyl groups is 1. The standard InChI is InChI=1S/C25H31BrN4O2S/c1-25(2)15-20-21(16-27)24(33-14-7-18-3-5-19(26)6-4-18)28-23(22(20)17-32-25)30-10-8-29(9-11-30)12-13-31/h3-6,31H,7-15,17H2,1-2H3. The van der Waals surface area contributed by atoms with Gasteiger partial charge in [0.15, 0.2) is 0 Å². The summed E-state index contributed by atoms with van der Waals surface area (Å²) in [7, 11) is 0. The largest absolute Gasteiger partial charge is 0.395 e. The first-order valence-corrected chi connectivity index (χ1v) is 13.2. The molecule has 8 heteroatoms. The Hall–Kier alpha value is -1.63. The molecule has 0 bridgehead atoms. The van der Waals surface area contributed by atoms with E-state index >= 15 is 0 Å². The topological polar surface area (TPSA) is 72.6 Å². The Morgan fingerprint density at radius 3 is 2.58 bits per heavy atom. The van der Waals surface area contributed by atoms with Crippen LogP contribution in [0.2, 0.25) is 0 Å². The van der Waals surface area contributed by atoms with Gasteiger partial charge in [-0.1, -0.05) is 28.1 Å². The van der Waals surface area contributed by atoms with E-state index in [0.717, 1.165) is 64.8 Å². The van der Waals surface area contributed by atoms with Crippen molar-refractivity contribution >= 4 is 33.5 Å². The maximum atomic E-state index is 10.1. The molecule has 1 aromatic heterocycles. The van der Waals surface area contributed by atoms with E-state index in [0.29, 0.717) is 25.1 Å². The maximum Gasteiger partial charge on any atom is 0.135 e. The van der Waals surface area contributed by atoms with Crippen molar-refractivity contribution < 1.29 is 9.84 Å². The minimum atomic E-state index is -0.295. The van der Waals surface area contributed by atoms with Crippen molar-refractivity contribution in [2.75, 3.05) is 50.0 Å². The van der Waals surface area contributed by atoms with Gasteiger partial charge in [-0.05, 0) is 43.5 Å². The number of halogens is 1. The molecular formula is C25H31BrN4O2S. The lowest BCUT2D eigenvalue weighted by Crippen LogP contribution is -2.48. The number of piperazine rings is 1. The molecule has 0 spiro atoms. The smallest absolute Gasteiger partial charge is 0.135 e. The van der Waals surface area contributed by atoms with E-state index < -0.39 is 0 Å². The minimum Gasteiger partial charge on any atom is -0.395 e. The van der Waals surface area contributed by atoms with Crippen molar-refractivity contribution in [3.8, 4) is 6.07 Å². The molecule has 1 aromatic carbocycles. The number of anilines is 1. The van der Waals surface area contributed by atoms with Crippen molar-refractivity contribution in [1.29, 1.82) is 5.26 Å². The number of β-amino-alcohol motifs (C(OH)–C–C–N with tert-alkyl or cyclic N) is 1. The number of nitrogens with zero attached hydrogens (tertiary/aromatic N) is 4. The second kappa shape index (κ2) is 10.7. The van der Waals surface area contributed by atoms with Crippen molar-refractivity contribution in [2.45, 2.75) is 43.9 Å². The molecule has 4 rings (SSSR count). The lowest BCUT2D eigenvalue weighted by Gasteiger charge is -2.39. The van der Waals surface area contributed by atoms with Gasteiger partial charge in [0, 0.05) is 54.9 Å². The number of ether oxygens (including phenoxy) is 1. The van der Waals surface area contributed by atoms with Crippen LogP contribution in [0.1, 0.15) is 36.1 Å². The Bertz CT molecular complexity index is 1010. The summed E-state index contributed by atoms with van der Waals surface area (Å²) in [4.78, 5) is 9.66. The third-order valence-corrected chi connectivity index (χ3v) is 7.82. The van der Waals surface area contributed by atoms with Crippen molar-refractivity contribution in [3.05, 3.63) is 51.0 Å². The zero-order valence-corrected chi connectivity index (χ0v) is 21.7.